The molecule has 4 nitrogen and oxygen atoms in total. The number of hydrogen-bond donors (Lipinski definition) is 1. The maximum absolute atomic E-state index is 12.2. The summed E-state index contributed by atoms with van der Waals surface area (Å²) < 4.78 is 0. The number of amides is 1. The van der Waals surface area contributed by atoms with E-state index in [0.717, 1.165) is 63.4 Å². The summed E-state index contributed by atoms with van der Waals surface area (Å²) in [6.07, 6.45) is 3.73. The average Bonchev–Trinajstić information content (AvgIpc) is 2.55. The maximum atomic E-state index is 12.2. The maximum Gasteiger partial charge on any atom is 0.224 e. The molecule has 0 unspecified atom stereocenters. The minimum Gasteiger partial charge on any atom is -0.367 e. The third-order valence-electron chi connectivity index (χ3n) is 4.40. The van der Waals surface area contributed by atoms with Crippen LogP contribution < -0.4 is 10.2 Å². The smallest absolute Gasteiger partial charge is 0.224 e. The summed E-state index contributed by atoms with van der Waals surface area (Å²) in [4.78, 5) is 16.9. The average molecular weight is 338 g/mol. The van der Waals surface area contributed by atoms with E-state index in [-0.39, 0.29) is 5.91 Å². The molecule has 23 heavy (non-hydrogen) atoms. The normalized spacial score (nSPS) is 15.7. The van der Waals surface area contributed by atoms with E-state index in [4.69, 9.17) is 11.6 Å². The van der Waals surface area contributed by atoms with Crippen LogP contribution in [0.15, 0.2) is 18.2 Å². The van der Waals surface area contributed by atoms with Crippen LogP contribution in [0.1, 0.15) is 39.5 Å². The van der Waals surface area contributed by atoms with Crippen molar-refractivity contribution in [3.63, 3.8) is 0 Å². The van der Waals surface area contributed by atoms with Crippen molar-refractivity contribution in [3.05, 3.63) is 23.2 Å². The van der Waals surface area contributed by atoms with Crippen LogP contribution in [0.5, 0.6) is 0 Å². The third-order valence-corrected chi connectivity index (χ3v) is 4.64. The van der Waals surface area contributed by atoms with E-state index in [1.807, 2.05) is 18.2 Å². The fourth-order valence-corrected chi connectivity index (χ4v) is 3.11. The van der Waals surface area contributed by atoms with E-state index in [1.54, 1.807) is 0 Å². The van der Waals surface area contributed by atoms with Gasteiger partial charge in [-0.25, -0.2) is 0 Å². The fraction of sp³-hybridized carbons (Fsp3) is 0.611. The Morgan fingerprint density at radius 3 is 2.57 bits per heavy atom. The van der Waals surface area contributed by atoms with Crippen molar-refractivity contribution in [2.45, 2.75) is 39.5 Å². The van der Waals surface area contributed by atoms with Gasteiger partial charge >= 0.3 is 0 Å². The SMILES string of the molecule is CCCCCC(=O)Nc1cc(Cl)ccc1N1CCN(CC)CC1. The molecule has 0 aromatic heterocycles. The molecule has 1 saturated heterocycles. The minimum atomic E-state index is 0.0779. The summed E-state index contributed by atoms with van der Waals surface area (Å²) in [6, 6.07) is 5.78. The summed E-state index contributed by atoms with van der Waals surface area (Å²) in [5.41, 5.74) is 1.91. The van der Waals surface area contributed by atoms with Crippen LogP contribution in [0.2, 0.25) is 5.02 Å². The molecule has 0 saturated carbocycles. The van der Waals surface area contributed by atoms with Gasteiger partial charge in [0.1, 0.15) is 0 Å². The Morgan fingerprint density at radius 2 is 1.91 bits per heavy atom. The van der Waals surface area contributed by atoms with E-state index < -0.39 is 0 Å². The predicted molar refractivity (Wildman–Crippen MR) is 98.6 cm³/mol. The van der Waals surface area contributed by atoms with Crippen molar-refractivity contribution in [3.8, 4) is 0 Å². The quantitative estimate of drug-likeness (QED) is 0.764. The van der Waals surface area contributed by atoms with Gasteiger partial charge in [0.25, 0.3) is 0 Å². The van der Waals surface area contributed by atoms with Gasteiger partial charge in [0, 0.05) is 37.6 Å². The summed E-state index contributed by atoms with van der Waals surface area (Å²) in [5.74, 6) is 0.0779. The van der Waals surface area contributed by atoms with E-state index in [0.29, 0.717) is 11.4 Å². The number of hydrogen-bond acceptors (Lipinski definition) is 3. The molecule has 1 fully saturated rings. The number of piperazine rings is 1. The van der Waals surface area contributed by atoms with Crippen molar-refractivity contribution in [2.75, 3.05) is 42.9 Å². The first-order valence-corrected chi connectivity index (χ1v) is 9.08. The minimum absolute atomic E-state index is 0.0779. The van der Waals surface area contributed by atoms with E-state index in [9.17, 15) is 4.79 Å². The van der Waals surface area contributed by atoms with Crippen LogP contribution in [0.25, 0.3) is 0 Å². The highest BCUT2D eigenvalue weighted by molar-refractivity contribution is 6.31. The lowest BCUT2D eigenvalue weighted by Gasteiger charge is -2.36. The Morgan fingerprint density at radius 1 is 1.17 bits per heavy atom. The molecule has 0 aliphatic carbocycles. The van der Waals surface area contributed by atoms with Gasteiger partial charge in [0.15, 0.2) is 0 Å². The lowest BCUT2D eigenvalue weighted by molar-refractivity contribution is -0.116. The molecule has 0 atom stereocenters. The molecule has 1 aromatic rings. The second kappa shape index (κ2) is 9.14. The van der Waals surface area contributed by atoms with E-state index >= 15 is 0 Å². The number of carbonyl (C=O) groups is 1. The molecular weight excluding hydrogens is 310 g/mol. The van der Waals surface area contributed by atoms with Crippen molar-refractivity contribution >= 4 is 28.9 Å². The van der Waals surface area contributed by atoms with Gasteiger partial charge in [-0.05, 0) is 31.2 Å². The molecule has 1 N–H and O–H groups in total. The first kappa shape index (κ1) is 18.1. The van der Waals surface area contributed by atoms with Gasteiger partial charge < -0.3 is 15.1 Å². The Balaban J connectivity index is 2.04. The van der Waals surface area contributed by atoms with Crippen LogP contribution in [-0.4, -0.2) is 43.5 Å². The van der Waals surface area contributed by atoms with Crippen LogP contribution in [0.4, 0.5) is 11.4 Å². The first-order chi connectivity index (χ1) is 11.1. The zero-order chi connectivity index (χ0) is 16.7. The number of halogens is 1. The zero-order valence-corrected chi connectivity index (χ0v) is 15.0. The number of unbranched alkanes of at least 4 members (excludes halogenated alkanes) is 2. The molecule has 5 heteroatoms. The number of rotatable bonds is 7. The van der Waals surface area contributed by atoms with Crippen molar-refractivity contribution < 1.29 is 4.79 Å². The molecule has 1 aliphatic rings. The van der Waals surface area contributed by atoms with Gasteiger partial charge in [-0.2, -0.15) is 0 Å². The number of likely N-dealkylation sites (N-methyl/N-ethyl adjacent to an activating group) is 1. The Labute approximate surface area is 144 Å². The molecular formula is C18H28ClN3O. The predicted octanol–water partition coefficient (Wildman–Crippen LogP) is 4.00. The molecule has 0 radical (unpaired) electrons. The molecule has 1 heterocycles. The highest BCUT2D eigenvalue weighted by Gasteiger charge is 2.19. The molecule has 0 spiro atoms. The van der Waals surface area contributed by atoms with Gasteiger partial charge in [0.05, 0.1) is 11.4 Å². The molecule has 128 valence electrons. The molecule has 1 aliphatic heterocycles. The van der Waals surface area contributed by atoms with E-state index in [1.165, 1.54) is 0 Å². The van der Waals surface area contributed by atoms with Gasteiger partial charge in [-0.3, -0.25) is 4.79 Å². The van der Waals surface area contributed by atoms with Crippen LogP contribution >= 0.6 is 11.6 Å². The lowest BCUT2D eigenvalue weighted by Crippen LogP contribution is -2.46. The number of nitrogens with one attached hydrogen (secondary N) is 1. The topological polar surface area (TPSA) is 35.6 Å². The number of carbonyl (C=O) groups excluding carboxylic acids is 1. The second-order valence-electron chi connectivity index (χ2n) is 6.09. The molecule has 2 rings (SSSR count). The van der Waals surface area contributed by atoms with E-state index in [2.05, 4.69) is 29.0 Å². The number of benzene rings is 1. The fourth-order valence-electron chi connectivity index (χ4n) is 2.94. The number of nitrogens with zero attached hydrogens (tertiary/aromatic N) is 2. The van der Waals surface area contributed by atoms with Crippen molar-refractivity contribution in [1.82, 2.24) is 4.90 Å². The molecule has 0 bridgehead atoms. The summed E-state index contributed by atoms with van der Waals surface area (Å²) in [6.45, 7) is 9.51. The monoisotopic (exact) mass is 337 g/mol. The highest BCUT2D eigenvalue weighted by atomic mass is 35.5. The largest absolute Gasteiger partial charge is 0.367 e. The first-order valence-electron chi connectivity index (χ1n) is 8.70. The third kappa shape index (κ3) is 5.40. The van der Waals surface area contributed by atoms with Gasteiger partial charge in [-0.15, -0.1) is 0 Å². The van der Waals surface area contributed by atoms with Crippen molar-refractivity contribution in [2.24, 2.45) is 0 Å². The van der Waals surface area contributed by atoms with Gasteiger partial charge in [-0.1, -0.05) is 38.3 Å². The van der Waals surface area contributed by atoms with Crippen LogP contribution in [0.3, 0.4) is 0 Å². The Bertz CT molecular complexity index is 513. The second-order valence-corrected chi connectivity index (χ2v) is 6.52. The van der Waals surface area contributed by atoms with Gasteiger partial charge in [0.2, 0.25) is 5.91 Å². The Kier molecular flexibility index (Phi) is 7.18. The van der Waals surface area contributed by atoms with Crippen LogP contribution in [-0.2, 0) is 4.79 Å². The van der Waals surface area contributed by atoms with Crippen molar-refractivity contribution in [1.29, 1.82) is 0 Å². The standard InChI is InChI=1S/C18H28ClN3O/c1-3-5-6-7-18(23)20-16-14-15(19)8-9-17(16)22-12-10-21(4-2)11-13-22/h8-9,14H,3-7,10-13H2,1-2H3,(H,20,23). The zero-order valence-electron chi connectivity index (χ0n) is 14.3. The summed E-state index contributed by atoms with van der Waals surface area (Å²) in [5, 5.41) is 3.71. The molecule has 1 amide bonds. The summed E-state index contributed by atoms with van der Waals surface area (Å²) >= 11 is 6.13. The Hall–Kier alpha value is -1.26. The highest BCUT2D eigenvalue weighted by Crippen LogP contribution is 2.30. The lowest BCUT2D eigenvalue weighted by atomic mass is 10.1. The summed E-state index contributed by atoms with van der Waals surface area (Å²) in [7, 11) is 0. The number of anilines is 2. The van der Waals surface area contributed by atoms with Crippen LogP contribution in [0, 0.1) is 0 Å². The molecule has 1 aromatic carbocycles.